The molecule has 0 saturated carbocycles. The molecule has 0 radical (unpaired) electrons. The standard InChI is InChI=1S/C23H24N2O3S/c1-17(2)29(27,28)25(3)22-15-14-20(18-10-6-4-7-11-18)16-21(22)24-23(26)19-12-8-5-9-13-19/h4-17H,1-3H3,(H,24,26). The Hall–Kier alpha value is -3.12. The first-order valence-electron chi connectivity index (χ1n) is 9.34. The Kier molecular flexibility index (Phi) is 6.03. The maximum absolute atomic E-state index is 12.7. The number of hydrogen-bond donors (Lipinski definition) is 1. The second kappa shape index (κ2) is 8.49. The number of nitrogens with one attached hydrogen (secondary N) is 1. The third-order valence-electron chi connectivity index (χ3n) is 4.70. The Morgan fingerprint density at radius 2 is 1.45 bits per heavy atom. The van der Waals surface area contributed by atoms with Crippen LogP contribution in [0.1, 0.15) is 24.2 Å². The number of nitrogens with zero attached hydrogens (tertiary/aromatic N) is 1. The van der Waals surface area contributed by atoms with Gasteiger partial charge in [0, 0.05) is 12.6 Å². The molecule has 0 aromatic heterocycles. The highest BCUT2D eigenvalue weighted by Crippen LogP contribution is 2.33. The lowest BCUT2D eigenvalue weighted by molar-refractivity contribution is 0.102. The van der Waals surface area contributed by atoms with Gasteiger partial charge in [-0.3, -0.25) is 9.10 Å². The minimum atomic E-state index is -3.55. The van der Waals surface area contributed by atoms with Crippen LogP contribution in [0.25, 0.3) is 11.1 Å². The summed E-state index contributed by atoms with van der Waals surface area (Å²) in [4.78, 5) is 12.7. The fourth-order valence-corrected chi connectivity index (χ4v) is 4.02. The molecule has 1 N–H and O–H groups in total. The average Bonchev–Trinajstić information content (AvgIpc) is 2.74. The molecule has 0 atom stereocenters. The van der Waals surface area contributed by atoms with E-state index < -0.39 is 15.3 Å². The van der Waals surface area contributed by atoms with Crippen molar-refractivity contribution in [3.8, 4) is 11.1 Å². The van der Waals surface area contributed by atoms with Gasteiger partial charge in [-0.2, -0.15) is 0 Å². The highest BCUT2D eigenvalue weighted by molar-refractivity contribution is 7.93. The first kappa shape index (κ1) is 20.6. The minimum Gasteiger partial charge on any atom is -0.320 e. The van der Waals surface area contributed by atoms with Gasteiger partial charge in [-0.25, -0.2) is 8.42 Å². The summed E-state index contributed by atoms with van der Waals surface area (Å²) in [5, 5.41) is 2.30. The third kappa shape index (κ3) is 4.49. The molecule has 0 fully saturated rings. The molecule has 0 spiro atoms. The lowest BCUT2D eigenvalue weighted by Crippen LogP contribution is -2.33. The van der Waals surface area contributed by atoms with Crippen LogP contribution in [0.2, 0.25) is 0 Å². The third-order valence-corrected chi connectivity index (χ3v) is 6.86. The topological polar surface area (TPSA) is 66.5 Å². The zero-order chi connectivity index (χ0) is 21.0. The van der Waals surface area contributed by atoms with E-state index >= 15 is 0 Å². The molecular weight excluding hydrogens is 384 g/mol. The Balaban J connectivity index is 2.07. The van der Waals surface area contributed by atoms with Crippen molar-refractivity contribution in [2.75, 3.05) is 16.7 Å². The number of carbonyl (C=O) groups is 1. The zero-order valence-corrected chi connectivity index (χ0v) is 17.5. The molecule has 1 amide bonds. The summed E-state index contributed by atoms with van der Waals surface area (Å²) in [7, 11) is -2.04. The summed E-state index contributed by atoms with van der Waals surface area (Å²) in [6.45, 7) is 3.26. The molecule has 0 saturated heterocycles. The van der Waals surface area contributed by atoms with Crippen molar-refractivity contribution in [2.45, 2.75) is 19.1 Å². The Bertz CT molecular complexity index is 1100. The molecule has 0 heterocycles. The van der Waals surface area contributed by atoms with Gasteiger partial charge in [-0.1, -0.05) is 54.6 Å². The predicted octanol–water partition coefficient (Wildman–Crippen LogP) is 4.78. The summed E-state index contributed by atoms with van der Waals surface area (Å²) in [6, 6.07) is 23.9. The van der Waals surface area contributed by atoms with Crippen molar-refractivity contribution < 1.29 is 13.2 Å². The van der Waals surface area contributed by atoms with Crippen LogP contribution in [0.5, 0.6) is 0 Å². The van der Waals surface area contributed by atoms with E-state index in [1.165, 1.54) is 11.4 Å². The highest BCUT2D eigenvalue weighted by atomic mass is 32.2. The summed E-state index contributed by atoms with van der Waals surface area (Å²) in [5.41, 5.74) is 3.21. The van der Waals surface area contributed by atoms with Gasteiger partial charge in [-0.15, -0.1) is 0 Å². The Labute approximate surface area is 172 Å². The molecule has 150 valence electrons. The van der Waals surface area contributed by atoms with Crippen LogP contribution in [0, 0.1) is 0 Å². The number of rotatable bonds is 6. The van der Waals surface area contributed by atoms with E-state index in [-0.39, 0.29) is 5.91 Å². The number of carbonyl (C=O) groups excluding carboxylic acids is 1. The summed E-state index contributed by atoms with van der Waals surface area (Å²) in [5.74, 6) is -0.299. The van der Waals surface area contributed by atoms with E-state index in [0.29, 0.717) is 16.9 Å². The zero-order valence-electron chi connectivity index (χ0n) is 16.7. The van der Waals surface area contributed by atoms with Gasteiger partial charge in [0.15, 0.2) is 0 Å². The van der Waals surface area contributed by atoms with Gasteiger partial charge in [0.05, 0.1) is 16.6 Å². The SMILES string of the molecule is CC(C)S(=O)(=O)N(C)c1ccc(-c2ccccc2)cc1NC(=O)c1ccccc1. The van der Waals surface area contributed by atoms with Crippen LogP contribution in [-0.2, 0) is 10.0 Å². The predicted molar refractivity (Wildman–Crippen MR) is 119 cm³/mol. The lowest BCUT2D eigenvalue weighted by atomic mass is 10.0. The van der Waals surface area contributed by atoms with Crippen LogP contribution in [0.3, 0.4) is 0 Å². The average molecular weight is 409 g/mol. The summed E-state index contributed by atoms with van der Waals surface area (Å²) >= 11 is 0. The second-order valence-corrected chi connectivity index (χ2v) is 9.50. The number of hydrogen-bond acceptors (Lipinski definition) is 3. The van der Waals surface area contributed by atoms with E-state index in [1.54, 1.807) is 50.2 Å². The van der Waals surface area contributed by atoms with Crippen molar-refractivity contribution in [3.63, 3.8) is 0 Å². The van der Waals surface area contributed by atoms with Gasteiger partial charge in [0.2, 0.25) is 10.0 Å². The molecule has 3 aromatic rings. The van der Waals surface area contributed by atoms with E-state index in [2.05, 4.69) is 5.32 Å². The highest BCUT2D eigenvalue weighted by Gasteiger charge is 2.25. The quantitative estimate of drug-likeness (QED) is 0.638. The first-order chi connectivity index (χ1) is 13.8. The number of benzene rings is 3. The van der Waals surface area contributed by atoms with Gasteiger partial charge in [0.25, 0.3) is 5.91 Å². The van der Waals surface area contributed by atoms with Gasteiger partial charge in [0.1, 0.15) is 0 Å². The van der Waals surface area contributed by atoms with Crippen LogP contribution >= 0.6 is 0 Å². The molecule has 3 aromatic carbocycles. The summed E-state index contributed by atoms with van der Waals surface area (Å²) < 4.78 is 26.6. The van der Waals surface area contributed by atoms with Crippen LogP contribution in [-0.4, -0.2) is 26.6 Å². The van der Waals surface area contributed by atoms with E-state index in [4.69, 9.17) is 0 Å². The van der Waals surface area contributed by atoms with Crippen molar-refractivity contribution in [1.29, 1.82) is 0 Å². The van der Waals surface area contributed by atoms with Crippen molar-refractivity contribution >= 4 is 27.3 Å². The largest absolute Gasteiger partial charge is 0.320 e. The lowest BCUT2D eigenvalue weighted by Gasteiger charge is -2.25. The van der Waals surface area contributed by atoms with Crippen LogP contribution < -0.4 is 9.62 Å². The Morgan fingerprint density at radius 3 is 2.03 bits per heavy atom. The molecule has 6 heteroatoms. The normalized spacial score (nSPS) is 11.3. The molecule has 29 heavy (non-hydrogen) atoms. The molecule has 0 bridgehead atoms. The van der Waals surface area contributed by atoms with E-state index in [0.717, 1.165) is 11.1 Å². The Morgan fingerprint density at radius 1 is 0.862 bits per heavy atom. The van der Waals surface area contributed by atoms with Gasteiger partial charge in [-0.05, 0) is 49.2 Å². The second-order valence-electron chi connectivity index (χ2n) is 6.98. The van der Waals surface area contributed by atoms with E-state index in [9.17, 15) is 13.2 Å². The van der Waals surface area contributed by atoms with Gasteiger partial charge < -0.3 is 5.32 Å². The molecule has 0 aliphatic carbocycles. The smallest absolute Gasteiger partial charge is 0.255 e. The maximum Gasteiger partial charge on any atom is 0.255 e. The summed E-state index contributed by atoms with van der Waals surface area (Å²) in [6.07, 6.45) is 0. The van der Waals surface area contributed by atoms with Crippen LogP contribution in [0.15, 0.2) is 78.9 Å². The van der Waals surface area contributed by atoms with Crippen LogP contribution in [0.4, 0.5) is 11.4 Å². The molecule has 0 unspecified atom stereocenters. The fraction of sp³-hybridized carbons (Fsp3) is 0.174. The number of anilines is 2. The van der Waals surface area contributed by atoms with Gasteiger partial charge >= 0.3 is 0 Å². The number of amides is 1. The van der Waals surface area contributed by atoms with Crippen molar-refractivity contribution in [3.05, 3.63) is 84.4 Å². The molecular formula is C23H24N2O3S. The molecule has 5 nitrogen and oxygen atoms in total. The molecule has 0 aliphatic heterocycles. The number of sulfonamides is 1. The molecule has 0 aliphatic rings. The first-order valence-corrected chi connectivity index (χ1v) is 10.8. The minimum absolute atomic E-state index is 0.299. The fourth-order valence-electron chi connectivity index (χ4n) is 2.96. The monoisotopic (exact) mass is 408 g/mol. The molecule has 3 rings (SSSR count). The maximum atomic E-state index is 12.7. The van der Waals surface area contributed by atoms with Crippen molar-refractivity contribution in [2.24, 2.45) is 0 Å². The van der Waals surface area contributed by atoms with Crippen molar-refractivity contribution in [1.82, 2.24) is 0 Å². The van der Waals surface area contributed by atoms with E-state index in [1.807, 2.05) is 42.5 Å².